The van der Waals surface area contributed by atoms with Crippen molar-refractivity contribution in [1.82, 2.24) is 9.97 Å². The van der Waals surface area contributed by atoms with Crippen molar-refractivity contribution in [3.05, 3.63) is 12.3 Å². The van der Waals surface area contributed by atoms with E-state index in [0.717, 1.165) is 18.9 Å². The number of anilines is 2. The highest BCUT2D eigenvalue weighted by molar-refractivity contribution is 5.82. The lowest BCUT2D eigenvalue weighted by Gasteiger charge is -2.28. The number of morpholine rings is 1. The van der Waals surface area contributed by atoms with Crippen molar-refractivity contribution in [3.63, 3.8) is 0 Å². The molecule has 1 atom stereocenters. The molecule has 1 aromatic heterocycles. The molecule has 2 rings (SSSR count). The number of nitrogens with two attached hydrogens (primary N) is 1. The molecule has 0 saturated carbocycles. The standard InChI is InChI=1S/C14H23N5O2/c1-10(2)9-11(13(15)20)17-14-16-4-3-12(18-14)19-5-7-21-8-6-19/h3-4,10-11H,5-9H2,1-2H3,(H2,15,20)(H,16,17,18)/t11-/m0/s1. The minimum absolute atomic E-state index is 0.359. The van der Waals surface area contributed by atoms with Gasteiger partial charge in [-0.25, -0.2) is 4.98 Å². The Balaban J connectivity index is 2.07. The van der Waals surface area contributed by atoms with Crippen molar-refractivity contribution in [2.45, 2.75) is 26.3 Å². The van der Waals surface area contributed by atoms with Gasteiger partial charge in [-0.3, -0.25) is 4.79 Å². The van der Waals surface area contributed by atoms with Gasteiger partial charge < -0.3 is 20.7 Å². The highest BCUT2D eigenvalue weighted by Crippen LogP contribution is 2.15. The molecule has 1 aromatic rings. The monoisotopic (exact) mass is 293 g/mol. The smallest absolute Gasteiger partial charge is 0.240 e. The Morgan fingerprint density at radius 2 is 2.19 bits per heavy atom. The summed E-state index contributed by atoms with van der Waals surface area (Å²) < 4.78 is 5.33. The molecule has 7 nitrogen and oxygen atoms in total. The molecule has 1 aliphatic heterocycles. The first-order valence-electron chi connectivity index (χ1n) is 7.28. The molecule has 1 aliphatic rings. The molecule has 116 valence electrons. The van der Waals surface area contributed by atoms with E-state index in [1.54, 1.807) is 6.20 Å². The fourth-order valence-electron chi connectivity index (χ4n) is 2.26. The average molecular weight is 293 g/mol. The second-order valence-electron chi connectivity index (χ2n) is 5.57. The maximum Gasteiger partial charge on any atom is 0.240 e. The zero-order chi connectivity index (χ0) is 15.2. The van der Waals surface area contributed by atoms with Crippen molar-refractivity contribution < 1.29 is 9.53 Å². The molecule has 2 heterocycles. The number of primary amides is 1. The minimum atomic E-state index is -0.454. The molecule has 0 radical (unpaired) electrons. The van der Waals surface area contributed by atoms with E-state index >= 15 is 0 Å². The summed E-state index contributed by atoms with van der Waals surface area (Å²) in [6.45, 7) is 7.10. The third-order valence-corrected chi connectivity index (χ3v) is 3.33. The van der Waals surface area contributed by atoms with Crippen LogP contribution in [0.15, 0.2) is 12.3 Å². The van der Waals surface area contributed by atoms with Crippen LogP contribution in [-0.4, -0.2) is 48.2 Å². The van der Waals surface area contributed by atoms with Gasteiger partial charge in [-0.2, -0.15) is 4.98 Å². The molecule has 0 unspecified atom stereocenters. The number of aromatic nitrogens is 2. The van der Waals surface area contributed by atoms with Crippen LogP contribution in [0.3, 0.4) is 0 Å². The number of nitrogens with zero attached hydrogens (tertiary/aromatic N) is 3. The normalized spacial score (nSPS) is 16.8. The summed E-state index contributed by atoms with van der Waals surface area (Å²) in [7, 11) is 0. The van der Waals surface area contributed by atoms with Gasteiger partial charge in [0.1, 0.15) is 11.9 Å². The summed E-state index contributed by atoms with van der Waals surface area (Å²) in [5, 5.41) is 3.03. The Morgan fingerprint density at radius 1 is 1.48 bits per heavy atom. The summed E-state index contributed by atoms with van der Waals surface area (Å²) in [6, 6.07) is 1.41. The minimum Gasteiger partial charge on any atom is -0.378 e. The third kappa shape index (κ3) is 4.56. The molecule has 1 fully saturated rings. The SMILES string of the molecule is CC(C)C[C@H](Nc1nccc(N2CCOCC2)n1)C(N)=O. The second kappa shape index (κ2) is 7.21. The van der Waals surface area contributed by atoms with E-state index in [-0.39, 0.29) is 5.91 Å². The lowest BCUT2D eigenvalue weighted by molar-refractivity contribution is -0.119. The van der Waals surface area contributed by atoms with Crippen LogP contribution in [0.2, 0.25) is 0 Å². The first kappa shape index (κ1) is 15.5. The molecule has 3 N–H and O–H groups in total. The van der Waals surface area contributed by atoms with Gasteiger partial charge >= 0.3 is 0 Å². The van der Waals surface area contributed by atoms with E-state index in [1.807, 2.05) is 19.9 Å². The first-order chi connectivity index (χ1) is 10.1. The lowest BCUT2D eigenvalue weighted by atomic mass is 10.0. The highest BCUT2D eigenvalue weighted by atomic mass is 16.5. The Hall–Kier alpha value is -1.89. The molecule has 1 saturated heterocycles. The van der Waals surface area contributed by atoms with Crippen molar-refractivity contribution in [1.29, 1.82) is 0 Å². The fraction of sp³-hybridized carbons (Fsp3) is 0.643. The van der Waals surface area contributed by atoms with Crippen LogP contribution in [0.25, 0.3) is 0 Å². The number of rotatable bonds is 6. The molecule has 0 aliphatic carbocycles. The van der Waals surface area contributed by atoms with Gasteiger partial charge in [0.05, 0.1) is 13.2 Å². The number of nitrogens with one attached hydrogen (secondary N) is 1. The van der Waals surface area contributed by atoms with Crippen molar-refractivity contribution in [2.75, 3.05) is 36.5 Å². The number of hydrogen-bond acceptors (Lipinski definition) is 6. The lowest BCUT2D eigenvalue weighted by Crippen LogP contribution is -2.38. The summed E-state index contributed by atoms with van der Waals surface area (Å²) in [5.74, 6) is 1.24. The van der Waals surface area contributed by atoms with Gasteiger partial charge in [0, 0.05) is 19.3 Å². The number of amides is 1. The maximum absolute atomic E-state index is 11.5. The van der Waals surface area contributed by atoms with Crippen LogP contribution < -0.4 is 16.0 Å². The third-order valence-electron chi connectivity index (χ3n) is 3.33. The summed E-state index contributed by atoms with van der Waals surface area (Å²) in [5.41, 5.74) is 5.43. The van der Waals surface area contributed by atoms with Crippen LogP contribution in [0.4, 0.5) is 11.8 Å². The van der Waals surface area contributed by atoms with Crippen molar-refractivity contribution >= 4 is 17.7 Å². The van der Waals surface area contributed by atoms with E-state index in [1.165, 1.54) is 0 Å². The fourth-order valence-corrected chi connectivity index (χ4v) is 2.26. The molecule has 0 aromatic carbocycles. The maximum atomic E-state index is 11.5. The summed E-state index contributed by atoms with van der Waals surface area (Å²) in [4.78, 5) is 22.3. The molecule has 7 heteroatoms. The van der Waals surface area contributed by atoms with E-state index in [9.17, 15) is 4.79 Å². The Kier molecular flexibility index (Phi) is 5.32. The van der Waals surface area contributed by atoms with Crippen molar-refractivity contribution in [2.24, 2.45) is 11.7 Å². The summed E-state index contributed by atoms with van der Waals surface area (Å²) in [6.07, 6.45) is 2.34. The van der Waals surface area contributed by atoms with E-state index in [2.05, 4.69) is 20.2 Å². The number of hydrogen-bond donors (Lipinski definition) is 2. The Bertz CT molecular complexity index is 474. The molecular weight excluding hydrogens is 270 g/mol. The highest BCUT2D eigenvalue weighted by Gasteiger charge is 2.19. The quantitative estimate of drug-likeness (QED) is 0.799. The van der Waals surface area contributed by atoms with Crippen LogP contribution in [0.5, 0.6) is 0 Å². The Morgan fingerprint density at radius 3 is 2.81 bits per heavy atom. The second-order valence-corrected chi connectivity index (χ2v) is 5.57. The molecular formula is C14H23N5O2. The number of carbonyl (C=O) groups excluding carboxylic acids is 1. The number of carbonyl (C=O) groups is 1. The first-order valence-corrected chi connectivity index (χ1v) is 7.28. The predicted octanol–water partition coefficient (Wildman–Crippen LogP) is 0.625. The summed E-state index contributed by atoms with van der Waals surface area (Å²) >= 11 is 0. The van der Waals surface area contributed by atoms with Gasteiger partial charge in [0.25, 0.3) is 0 Å². The zero-order valence-electron chi connectivity index (χ0n) is 12.6. The predicted molar refractivity (Wildman–Crippen MR) is 81.1 cm³/mol. The zero-order valence-corrected chi connectivity index (χ0v) is 12.6. The van der Waals surface area contributed by atoms with Crippen LogP contribution in [-0.2, 0) is 9.53 Å². The largest absolute Gasteiger partial charge is 0.378 e. The molecule has 1 amide bonds. The van der Waals surface area contributed by atoms with E-state index in [4.69, 9.17) is 10.5 Å². The van der Waals surface area contributed by atoms with Gasteiger partial charge in [0.15, 0.2) is 0 Å². The van der Waals surface area contributed by atoms with Crippen LogP contribution in [0, 0.1) is 5.92 Å². The number of ether oxygens (including phenoxy) is 1. The molecule has 0 spiro atoms. The van der Waals surface area contributed by atoms with Gasteiger partial charge in [-0.1, -0.05) is 13.8 Å². The van der Waals surface area contributed by atoms with Gasteiger partial charge in [0.2, 0.25) is 11.9 Å². The Labute approximate surface area is 124 Å². The topological polar surface area (TPSA) is 93.4 Å². The van der Waals surface area contributed by atoms with Crippen LogP contribution in [0.1, 0.15) is 20.3 Å². The van der Waals surface area contributed by atoms with Gasteiger partial charge in [-0.15, -0.1) is 0 Å². The van der Waals surface area contributed by atoms with Crippen molar-refractivity contribution in [3.8, 4) is 0 Å². The van der Waals surface area contributed by atoms with Crippen LogP contribution >= 0.6 is 0 Å². The van der Waals surface area contributed by atoms with E-state index in [0.29, 0.717) is 31.5 Å². The average Bonchev–Trinajstić information content (AvgIpc) is 2.47. The molecule has 21 heavy (non-hydrogen) atoms. The van der Waals surface area contributed by atoms with Gasteiger partial charge in [-0.05, 0) is 18.4 Å². The van der Waals surface area contributed by atoms with E-state index < -0.39 is 6.04 Å². The molecule has 0 bridgehead atoms.